The molecule has 4 heteroatoms. The molecule has 2 aromatic carbocycles. The Balaban J connectivity index is 1.74. The normalized spacial score (nSPS) is 10.7. The molecular weight excluding hydrogens is 316 g/mol. The highest BCUT2D eigenvalue weighted by Gasteiger charge is 2.07. The fourth-order valence-electron chi connectivity index (χ4n) is 2.16. The Hall–Kier alpha value is -2.07. The highest BCUT2D eigenvalue weighted by molar-refractivity contribution is 9.10. The molecule has 0 aliphatic carbocycles. The molecule has 0 aliphatic heterocycles. The van der Waals surface area contributed by atoms with Gasteiger partial charge in [0.25, 0.3) is 0 Å². The lowest BCUT2D eigenvalue weighted by Gasteiger charge is -2.07. The average Bonchev–Trinajstić information content (AvgIpc) is 2.89. The predicted molar refractivity (Wildman–Crippen MR) is 84.8 cm³/mol. The van der Waals surface area contributed by atoms with Gasteiger partial charge in [0, 0.05) is 16.2 Å². The molecule has 3 rings (SSSR count). The van der Waals surface area contributed by atoms with Crippen LogP contribution in [0.15, 0.2) is 59.2 Å². The van der Waals surface area contributed by atoms with E-state index in [1.165, 1.54) is 0 Å². The van der Waals surface area contributed by atoms with Crippen LogP contribution in [0.25, 0.3) is 10.9 Å². The molecule has 20 heavy (non-hydrogen) atoms. The number of carbonyl (C=O) groups excluding carboxylic acids is 1. The Morgan fingerprint density at radius 2 is 2.00 bits per heavy atom. The first kappa shape index (κ1) is 12.9. The van der Waals surface area contributed by atoms with Crippen molar-refractivity contribution < 1.29 is 4.79 Å². The first-order chi connectivity index (χ1) is 9.72. The van der Waals surface area contributed by atoms with Crippen molar-refractivity contribution in [2.24, 2.45) is 0 Å². The molecule has 0 aliphatic rings. The number of para-hydroxylation sites is 1. The van der Waals surface area contributed by atoms with E-state index < -0.39 is 0 Å². The van der Waals surface area contributed by atoms with E-state index in [9.17, 15) is 4.79 Å². The van der Waals surface area contributed by atoms with Gasteiger partial charge >= 0.3 is 0 Å². The lowest BCUT2D eigenvalue weighted by atomic mass is 10.1. The number of aromatic amines is 1. The van der Waals surface area contributed by atoms with E-state index in [4.69, 9.17) is 0 Å². The highest BCUT2D eigenvalue weighted by Crippen LogP contribution is 2.21. The van der Waals surface area contributed by atoms with E-state index in [2.05, 4.69) is 26.2 Å². The molecule has 0 bridgehead atoms. The number of benzene rings is 2. The van der Waals surface area contributed by atoms with Crippen molar-refractivity contribution in [1.29, 1.82) is 0 Å². The number of aromatic nitrogens is 1. The number of amides is 1. The highest BCUT2D eigenvalue weighted by atomic mass is 79.9. The van der Waals surface area contributed by atoms with Crippen LogP contribution in [0.3, 0.4) is 0 Å². The number of hydrogen-bond acceptors (Lipinski definition) is 1. The summed E-state index contributed by atoms with van der Waals surface area (Å²) in [4.78, 5) is 15.2. The third-order valence-corrected chi connectivity index (χ3v) is 3.82. The number of nitrogens with one attached hydrogen (secondary N) is 2. The van der Waals surface area contributed by atoms with Gasteiger partial charge in [-0.2, -0.15) is 0 Å². The lowest BCUT2D eigenvalue weighted by Crippen LogP contribution is -2.14. The number of fused-ring (bicyclic) bond motifs is 1. The maximum Gasteiger partial charge on any atom is 0.228 e. The van der Waals surface area contributed by atoms with E-state index >= 15 is 0 Å². The second kappa shape index (κ2) is 5.51. The number of H-pyrrole nitrogens is 1. The Kier molecular flexibility index (Phi) is 3.56. The van der Waals surface area contributed by atoms with E-state index in [-0.39, 0.29) is 5.91 Å². The van der Waals surface area contributed by atoms with Crippen LogP contribution in [0.4, 0.5) is 5.69 Å². The van der Waals surface area contributed by atoms with Gasteiger partial charge in [0.15, 0.2) is 0 Å². The minimum Gasteiger partial charge on any atom is -0.361 e. The molecule has 3 aromatic rings. The number of halogens is 1. The van der Waals surface area contributed by atoms with Crippen molar-refractivity contribution in [1.82, 2.24) is 4.98 Å². The van der Waals surface area contributed by atoms with Gasteiger partial charge in [-0.05, 0) is 57.2 Å². The van der Waals surface area contributed by atoms with Crippen LogP contribution in [0.1, 0.15) is 5.56 Å². The van der Waals surface area contributed by atoms with E-state index in [0.29, 0.717) is 6.42 Å². The molecule has 1 aromatic heterocycles. The molecule has 3 nitrogen and oxygen atoms in total. The Morgan fingerprint density at radius 1 is 1.15 bits per heavy atom. The maximum absolute atomic E-state index is 12.1. The van der Waals surface area contributed by atoms with Gasteiger partial charge in [-0.3, -0.25) is 4.79 Å². The Labute approximate surface area is 125 Å². The topological polar surface area (TPSA) is 44.9 Å². The molecule has 1 heterocycles. The smallest absolute Gasteiger partial charge is 0.228 e. The minimum atomic E-state index is -0.0215. The SMILES string of the molecule is O=C(Cc1ccc2[nH]ccc2c1)Nc1ccccc1Br. The molecule has 1 amide bonds. The van der Waals surface area contributed by atoms with E-state index in [0.717, 1.165) is 26.6 Å². The molecule has 0 saturated heterocycles. The summed E-state index contributed by atoms with van der Waals surface area (Å²) in [5, 5.41) is 4.03. The quantitative estimate of drug-likeness (QED) is 0.746. The number of rotatable bonds is 3. The summed E-state index contributed by atoms with van der Waals surface area (Å²) in [6, 6.07) is 15.6. The Bertz CT molecular complexity index is 764. The van der Waals surface area contributed by atoms with Gasteiger partial charge in [0.1, 0.15) is 0 Å². The number of anilines is 1. The van der Waals surface area contributed by atoms with Crippen LogP contribution in [0.5, 0.6) is 0 Å². The lowest BCUT2D eigenvalue weighted by molar-refractivity contribution is -0.115. The van der Waals surface area contributed by atoms with Gasteiger partial charge < -0.3 is 10.3 Å². The van der Waals surface area contributed by atoms with Crippen molar-refractivity contribution in [3.63, 3.8) is 0 Å². The Morgan fingerprint density at radius 3 is 2.85 bits per heavy atom. The summed E-state index contributed by atoms with van der Waals surface area (Å²) in [5.41, 5.74) is 2.88. The standard InChI is InChI=1S/C16H13BrN2O/c17-13-3-1-2-4-15(13)19-16(20)10-11-5-6-14-12(9-11)7-8-18-14/h1-9,18H,10H2,(H,19,20). The third kappa shape index (κ3) is 2.75. The molecule has 0 unspecified atom stereocenters. The van der Waals surface area contributed by atoms with E-state index in [1.807, 2.05) is 54.7 Å². The minimum absolute atomic E-state index is 0.0215. The molecule has 0 spiro atoms. The molecular formula is C16H13BrN2O. The average molecular weight is 329 g/mol. The first-order valence-electron chi connectivity index (χ1n) is 6.33. The molecule has 2 N–H and O–H groups in total. The van der Waals surface area contributed by atoms with Gasteiger partial charge in [0.05, 0.1) is 12.1 Å². The van der Waals surface area contributed by atoms with Crippen molar-refractivity contribution in [2.75, 3.05) is 5.32 Å². The van der Waals surface area contributed by atoms with Gasteiger partial charge in [-0.1, -0.05) is 18.2 Å². The predicted octanol–water partition coefficient (Wildman–Crippen LogP) is 4.11. The molecule has 0 atom stereocenters. The van der Waals surface area contributed by atoms with E-state index in [1.54, 1.807) is 0 Å². The van der Waals surface area contributed by atoms with Crippen LogP contribution in [-0.2, 0) is 11.2 Å². The summed E-state index contributed by atoms with van der Waals surface area (Å²) < 4.78 is 0.884. The van der Waals surface area contributed by atoms with Crippen LogP contribution >= 0.6 is 15.9 Å². The third-order valence-electron chi connectivity index (χ3n) is 3.13. The van der Waals surface area contributed by atoms with Crippen LogP contribution < -0.4 is 5.32 Å². The molecule has 100 valence electrons. The van der Waals surface area contributed by atoms with Crippen LogP contribution in [0.2, 0.25) is 0 Å². The second-order valence-corrected chi connectivity index (χ2v) is 5.46. The maximum atomic E-state index is 12.1. The van der Waals surface area contributed by atoms with Crippen LogP contribution in [0, 0.1) is 0 Å². The van der Waals surface area contributed by atoms with Gasteiger partial charge in [0.2, 0.25) is 5.91 Å². The van der Waals surface area contributed by atoms with Crippen molar-refractivity contribution >= 4 is 38.4 Å². The summed E-state index contributed by atoms with van der Waals surface area (Å²) in [7, 11) is 0. The van der Waals surface area contributed by atoms with Gasteiger partial charge in [-0.25, -0.2) is 0 Å². The van der Waals surface area contributed by atoms with Gasteiger partial charge in [-0.15, -0.1) is 0 Å². The van der Waals surface area contributed by atoms with Crippen molar-refractivity contribution in [3.05, 3.63) is 64.8 Å². The zero-order valence-electron chi connectivity index (χ0n) is 10.7. The summed E-state index contributed by atoms with van der Waals surface area (Å²) >= 11 is 3.42. The monoisotopic (exact) mass is 328 g/mol. The van der Waals surface area contributed by atoms with Crippen LogP contribution in [-0.4, -0.2) is 10.9 Å². The fourth-order valence-corrected chi connectivity index (χ4v) is 2.54. The summed E-state index contributed by atoms with van der Waals surface area (Å²) in [6.45, 7) is 0. The second-order valence-electron chi connectivity index (χ2n) is 4.60. The number of carbonyl (C=O) groups is 1. The summed E-state index contributed by atoms with van der Waals surface area (Å²) in [6.07, 6.45) is 2.26. The first-order valence-corrected chi connectivity index (χ1v) is 7.12. The molecule has 0 saturated carbocycles. The molecule has 0 radical (unpaired) electrons. The zero-order valence-corrected chi connectivity index (χ0v) is 12.3. The fraction of sp³-hybridized carbons (Fsp3) is 0.0625. The molecule has 0 fully saturated rings. The summed E-state index contributed by atoms with van der Waals surface area (Å²) in [5.74, 6) is -0.0215. The largest absolute Gasteiger partial charge is 0.361 e. The number of hydrogen-bond donors (Lipinski definition) is 2. The zero-order chi connectivity index (χ0) is 13.9. The van der Waals surface area contributed by atoms with Crippen molar-refractivity contribution in [2.45, 2.75) is 6.42 Å². The van der Waals surface area contributed by atoms with Crippen molar-refractivity contribution in [3.8, 4) is 0 Å².